The number of aryl methyl sites for hydroxylation is 2. The summed E-state index contributed by atoms with van der Waals surface area (Å²) in [5.74, 6) is 0. The standard InChI is InChI=1S/C29H28ClNO/c1-29(2,32)27-12-4-3-10-23(27)11-6-9-21-7-5-8-22(19-21)13-17-26-18-15-24-14-16-25(30)20-28(24)31-26/h3-5,7-8,10,12-20,32H,6,9,11H2,1-2H3. The third-order valence-corrected chi connectivity index (χ3v) is 5.90. The molecule has 0 bridgehead atoms. The van der Waals surface area contributed by atoms with Crippen molar-refractivity contribution >= 4 is 34.7 Å². The number of aromatic nitrogens is 1. The van der Waals surface area contributed by atoms with Crippen molar-refractivity contribution in [2.24, 2.45) is 0 Å². The number of rotatable bonds is 7. The van der Waals surface area contributed by atoms with Crippen LogP contribution < -0.4 is 0 Å². The van der Waals surface area contributed by atoms with Crippen LogP contribution >= 0.6 is 11.6 Å². The van der Waals surface area contributed by atoms with Gasteiger partial charge in [-0.25, -0.2) is 4.98 Å². The van der Waals surface area contributed by atoms with Crippen LogP contribution in [0.15, 0.2) is 78.9 Å². The average molecular weight is 442 g/mol. The van der Waals surface area contributed by atoms with Crippen molar-refractivity contribution in [2.75, 3.05) is 0 Å². The summed E-state index contributed by atoms with van der Waals surface area (Å²) in [6, 6.07) is 26.7. The first-order valence-corrected chi connectivity index (χ1v) is 11.4. The minimum Gasteiger partial charge on any atom is -0.386 e. The molecule has 0 spiro atoms. The highest BCUT2D eigenvalue weighted by atomic mass is 35.5. The first-order chi connectivity index (χ1) is 15.4. The summed E-state index contributed by atoms with van der Waals surface area (Å²) < 4.78 is 0. The molecule has 3 aromatic carbocycles. The summed E-state index contributed by atoms with van der Waals surface area (Å²) in [5, 5.41) is 12.2. The summed E-state index contributed by atoms with van der Waals surface area (Å²) in [4.78, 5) is 4.69. The Hall–Kier alpha value is -2.94. The molecule has 0 unspecified atom stereocenters. The molecule has 0 atom stereocenters. The fourth-order valence-electron chi connectivity index (χ4n) is 4.05. The minimum absolute atomic E-state index is 0.698. The van der Waals surface area contributed by atoms with Crippen LogP contribution in [-0.4, -0.2) is 10.1 Å². The fraction of sp³-hybridized carbons (Fsp3) is 0.207. The second kappa shape index (κ2) is 9.68. The van der Waals surface area contributed by atoms with Gasteiger partial charge in [-0.15, -0.1) is 0 Å². The topological polar surface area (TPSA) is 33.1 Å². The monoisotopic (exact) mass is 441 g/mol. The Balaban J connectivity index is 1.42. The molecule has 0 amide bonds. The van der Waals surface area contributed by atoms with Crippen LogP contribution in [0.1, 0.15) is 48.2 Å². The summed E-state index contributed by atoms with van der Waals surface area (Å²) in [5.41, 5.74) is 5.70. The molecule has 0 saturated carbocycles. The molecule has 0 aliphatic rings. The molecule has 0 fully saturated rings. The van der Waals surface area contributed by atoms with Gasteiger partial charge in [0.05, 0.1) is 16.8 Å². The van der Waals surface area contributed by atoms with E-state index in [1.54, 1.807) is 0 Å². The Labute approximate surface area is 195 Å². The van der Waals surface area contributed by atoms with Crippen LogP contribution in [0.25, 0.3) is 23.1 Å². The zero-order valence-electron chi connectivity index (χ0n) is 18.6. The molecule has 1 heterocycles. The molecule has 4 aromatic rings. The predicted molar refractivity (Wildman–Crippen MR) is 136 cm³/mol. The highest BCUT2D eigenvalue weighted by Gasteiger charge is 2.18. The van der Waals surface area contributed by atoms with Crippen molar-refractivity contribution in [3.63, 3.8) is 0 Å². The average Bonchev–Trinajstić information content (AvgIpc) is 2.77. The predicted octanol–water partition coefficient (Wildman–Crippen LogP) is 7.46. The van der Waals surface area contributed by atoms with Crippen molar-refractivity contribution in [3.8, 4) is 0 Å². The van der Waals surface area contributed by atoms with Crippen LogP contribution in [0.3, 0.4) is 0 Å². The summed E-state index contributed by atoms with van der Waals surface area (Å²) in [7, 11) is 0. The van der Waals surface area contributed by atoms with Gasteiger partial charge >= 0.3 is 0 Å². The molecule has 3 heteroatoms. The van der Waals surface area contributed by atoms with Gasteiger partial charge in [-0.2, -0.15) is 0 Å². The maximum atomic E-state index is 10.4. The van der Waals surface area contributed by atoms with Gasteiger partial charge in [-0.1, -0.05) is 78.3 Å². The smallest absolute Gasteiger partial charge is 0.0843 e. The first kappa shape index (κ1) is 22.3. The zero-order chi connectivity index (χ0) is 22.6. The zero-order valence-corrected chi connectivity index (χ0v) is 19.3. The number of aliphatic hydroxyl groups is 1. The summed E-state index contributed by atoms with van der Waals surface area (Å²) >= 11 is 6.10. The van der Waals surface area contributed by atoms with Crippen molar-refractivity contribution in [2.45, 2.75) is 38.7 Å². The Morgan fingerprint density at radius 1 is 0.875 bits per heavy atom. The molecular weight excluding hydrogens is 414 g/mol. The Morgan fingerprint density at radius 2 is 1.69 bits per heavy atom. The lowest BCUT2D eigenvalue weighted by Crippen LogP contribution is -2.18. The second-order valence-corrected chi connectivity index (χ2v) is 9.16. The molecule has 1 aromatic heterocycles. The molecule has 32 heavy (non-hydrogen) atoms. The van der Waals surface area contributed by atoms with Gasteiger partial charge in [0.15, 0.2) is 0 Å². The van der Waals surface area contributed by atoms with Gasteiger partial charge < -0.3 is 5.11 Å². The third-order valence-electron chi connectivity index (χ3n) is 5.66. The van der Waals surface area contributed by atoms with Crippen LogP contribution in [0.5, 0.6) is 0 Å². The van der Waals surface area contributed by atoms with E-state index in [2.05, 4.69) is 42.5 Å². The van der Waals surface area contributed by atoms with E-state index >= 15 is 0 Å². The molecule has 4 rings (SSSR count). The second-order valence-electron chi connectivity index (χ2n) is 8.72. The number of nitrogens with zero attached hydrogens (tertiary/aromatic N) is 1. The van der Waals surface area contributed by atoms with Crippen molar-refractivity contribution in [1.29, 1.82) is 0 Å². The lowest BCUT2D eigenvalue weighted by molar-refractivity contribution is 0.0776. The van der Waals surface area contributed by atoms with Gasteiger partial charge in [0.1, 0.15) is 0 Å². The van der Waals surface area contributed by atoms with E-state index in [9.17, 15) is 5.11 Å². The largest absolute Gasteiger partial charge is 0.386 e. The van der Waals surface area contributed by atoms with Crippen LogP contribution in [0.4, 0.5) is 0 Å². The maximum absolute atomic E-state index is 10.4. The van der Waals surface area contributed by atoms with Crippen molar-refractivity contribution in [1.82, 2.24) is 4.98 Å². The Morgan fingerprint density at radius 3 is 2.53 bits per heavy atom. The molecule has 2 nitrogen and oxygen atoms in total. The maximum Gasteiger partial charge on any atom is 0.0843 e. The van der Waals surface area contributed by atoms with E-state index in [-0.39, 0.29) is 0 Å². The number of fused-ring (bicyclic) bond motifs is 1. The molecule has 162 valence electrons. The highest BCUT2D eigenvalue weighted by Crippen LogP contribution is 2.25. The summed E-state index contributed by atoms with van der Waals surface area (Å²) in [6.45, 7) is 3.70. The number of benzene rings is 3. The number of halogens is 1. The number of pyridine rings is 1. The van der Waals surface area contributed by atoms with Crippen LogP contribution in [-0.2, 0) is 18.4 Å². The normalized spacial score (nSPS) is 12.0. The van der Waals surface area contributed by atoms with E-state index in [1.807, 2.05) is 62.4 Å². The molecule has 0 aliphatic heterocycles. The number of hydrogen-bond acceptors (Lipinski definition) is 2. The molecule has 1 N–H and O–H groups in total. The molecule has 0 saturated heterocycles. The van der Waals surface area contributed by atoms with Crippen molar-refractivity contribution < 1.29 is 5.11 Å². The fourth-order valence-corrected chi connectivity index (χ4v) is 4.22. The van der Waals surface area contributed by atoms with E-state index in [0.717, 1.165) is 47.0 Å². The third kappa shape index (κ3) is 5.64. The minimum atomic E-state index is -0.816. The van der Waals surface area contributed by atoms with E-state index < -0.39 is 5.60 Å². The highest BCUT2D eigenvalue weighted by molar-refractivity contribution is 6.31. The Bertz CT molecular complexity index is 1250. The van der Waals surface area contributed by atoms with E-state index in [1.165, 1.54) is 11.1 Å². The Kier molecular flexibility index (Phi) is 6.74. The van der Waals surface area contributed by atoms with Crippen LogP contribution in [0.2, 0.25) is 5.02 Å². The van der Waals surface area contributed by atoms with Gasteiger partial charge in [0.2, 0.25) is 0 Å². The van der Waals surface area contributed by atoms with Gasteiger partial charge in [0.25, 0.3) is 0 Å². The molecule has 0 radical (unpaired) electrons. The van der Waals surface area contributed by atoms with E-state index in [0.29, 0.717) is 5.02 Å². The van der Waals surface area contributed by atoms with Crippen molar-refractivity contribution in [3.05, 3.63) is 112 Å². The SMILES string of the molecule is CC(C)(O)c1ccccc1CCCc1cccc(C=Cc2ccc3ccc(Cl)cc3n2)c1. The van der Waals surface area contributed by atoms with Gasteiger partial charge in [-0.05, 0) is 79.6 Å². The van der Waals surface area contributed by atoms with E-state index in [4.69, 9.17) is 16.6 Å². The lowest BCUT2D eigenvalue weighted by Gasteiger charge is -2.21. The summed E-state index contributed by atoms with van der Waals surface area (Å²) in [6.07, 6.45) is 7.12. The molecular formula is C29H28ClNO. The van der Waals surface area contributed by atoms with Crippen LogP contribution in [0, 0.1) is 0 Å². The first-order valence-electron chi connectivity index (χ1n) is 11.0. The van der Waals surface area contributed by atoms with Gasteiger partial charge in [0, 0.05) is 10.4 Å². The lowest BCUT2D eigenvalue weighted by atomic mass is 9.90. The number of hydrogen-bond donors (Lipinski definition) is 1. The van der Waals surface area contributed by atoms with Gasteiger partial charge in [-0.3, -0.25) is 0 Å². The molecule has 0 aliphatic carbocycles. The quantitative estimate of drug-likeness (QED) is 0.322.